The molecule has 1 atom stereocenters. The molecule has 0 saturated carbocycles. The SMILES string of the molecule is CCc1nc(NC(CC)CO)c2cc(C)sc2n1. The summed E-state index contributed by atoms with van der Waals surface area (Å²) in [5.41, 5.74) is 0. The first-order chi connectivity index (χ1) is 8.67. The Kier molecular flexibility index (Phi) is 4.14. The number of aryl methyl sites for hydroxylation is 2. The maximum Gasteiger partial charge on any atom is 0.138 e. The highest BCUT2D eigenvalue weighted by Gasteiger charge is 2.12. The highest BCUT2D eigenvalue weighted by Crippen LogP contribution is 2.29. The fourth-order valence-electron chi connectivity index (χ4n) is 1.82. The third-order valence-electron chi connectivity index (χ3n) is 2.93. The van der Waals surface area contributed by atoms with Crippen LogP contribution in [0, 0.1) is 6.92 Å². The standard InChI is InChI=1S/C13H19N3OS/c1-4-9(7-17)14-12-10-6-8(3)18-13(10)16-11(5-2)15-12/h6,9,17H,4-5,7H2,1-3H3,(H,14,15,16). The van der Waals surface area contributed by atoms with Crippen LogP contribution < -0.4 is 5.32 Å². The molecule has 0 fully saturated rings. The molecule has 0 aliphatic heterocycles. The summed E-state index contributed by atoms with van der Waals surface area (Å²) in [6.45, 7) is 6.29. The molecule has 0 saturated heterocycles. The number of fused-ring (bicyclic) bond motifs is 1. The van der Waals surface area contributed by atoms with Crippen molar-refractivity contribution in [2.24, 2.45) is 0 Å². The summed E-state index contributed by atoms with van der Waals surface area (Å²) in [6, 6.07) is 2.15. The van der Waals surface area contributed by atoms with E-state index in [1.54, 1.807) is 11.3 Å². The number of nitrogens with zero attached hydrogens (tertiary/aromatic N) is 2. The smallest absolute Gasteiger partial charge is 0.138 e. The van der Waals surface area contributed by atoms with Crippen LogP contribution in [0.2, 0.25) is 0 Å². The molecule has 0 bridgehead atoms. The van der Waals surface area contributed by atoms with Gasteiger partial charge in [0.1, 0.15) is 16.5 Å². The lowest BCUT2D eigenvalue weighted by Crippen LogP contribution is -2.23. The van der Waals surface area contributed by atoms with Crippen molar-refractivity contribution in [1.82, 2.24) is 9.97 Å². The van der Waals surface area contributed by atoms with Crippen LogP contribution >= 0.6 is 11.3 Å². The first kappa shape index (κ1) is 13.2. The molecule has 18 heavy (non-hydrogen) atoms. The number of rotatable bonds is 5. The fourth-order valence-corrected chi connectivity index (χ4v) is 2.72. The summed E-state index contributed by atoms with van der Waals surface area (Å²) in [5, 5.41) is 13.7. The summed E-state index contributed by atoms with van der Waals surface area (Å²) >= 11 is 1.68. The maximum atomic E-state index is 9.29. The summed E-state index contributed by atoms with van der Waals surface area (Å²) in [6.07, 6.45) is 1.68. The first-order valence-electron chi connectivity index (χ1n) is 6.32. The number of aromatic nitrogens is 2. The molecule has 0 radical (unpaired) electrons. The minimum atomic E-state index is 0.0491. The maximum absolute atomic E-state index is 9.29. The summed E-state index contributed by atoms with van der Waals surface area (Å²) in [4.78, 5) is 11.3. The molecule has 2 aromatic heterocycles. The van der Waals surface area contributed by atoms with Gasteiger partial charge in [0.25, 0.3) is 0 Å². The van der Waals surface area contributed by atoms with E-state index in [2.05, 4.69) is 35.2 Å². The zero-order valence-corrected chi connectivity index (χ0v) is 11.8. The summed E-state index contributed by atoms with van der Waals surface area (Å²) in [5.74, 6) is 1.70. The lowest BCUT2D eigenvalue weighted by atomic mass is 10.2. The van der Waals surface area contributed by atoms with E-state index in [4.69, 9.17) is 0 Å². The minimum Gasteiger partial charge on any atom is -0.394 e. The number of aliphatic hydroxyl groups is 1. The average Bonchev–Trinajstić information content (AvgIpc) is 2.75. The van der Waals surface area contributed by atoms with Gasteiger partial charge < -0.3 is 10.4 Å². The van der Waals surface area contributed by atoms with E-state index in [9.17, 15) is 5.11 Å². The molecule has 5 heteroatoms. The van der Waals surface area contributed by atoms with Gasteiger partial charge in [-0.2, -0.15) is 0 Å². The Hall–Kier alpha value is -1.20. The van der Waals surface area contributed by atoms with Gasteiger partial charge in [0.2, 0.25) is 0 Å². The summed E-state index contributed by atoms with van der Waals surface area (Å²) < 4.78 is 0. The molecule has 2 N–H and O–H groups in total. The van der Waals surface area contributed by atoms with Crippen LogP contribution in [0.1, 0.15) is 31.0 Å². The van der Waals surface area contributed by atoms with Gasteiger partial charge in [-0.05, 0) is 19.4 Å². The molecule has 0 aliphatic rings. The van der Waals surface area contributed by atoms with Gasteiger partial charge in [0, 0.05) is 11.3 Å². The van der Waals surface area contributed by atoms with E-state index in [-0.39, 0.29) is 12.6 Å². The highest BCUT2D eigenvalue weighted by atomic mass is 32.1. The van der Waals surface area contributed by atoms with Crippen LogP contribution in [0.15, 0.2) is 6.07 Å². The second kappa shape index (κ2) is 5.63. The molecule has 0 amide bonds. The van der Waals surface area contributed by atoms with Gasteiger partial charge in [0.05, 0.1) is 18.0 Å². The normalized spacial score (nSPS) is 12.9. The first-order valence-corrected chi connectivity index (χ1v) is 7.14. The van der Waals surface area contributed by atoms with E-state index in [0.29, 0.717) is 0 Å². The predicted octanol–water partition coefficient (Wildman–Crippen LogP) is 2.74. The Labute approximate surface area is 111 Å². The molecule has 4 nitrogen and oxygen atoms in total. The molecule has 98 valence electrons. The minimum absolute atomic E-state index is 0.0491. The number of hydrogen-bond donors (Lipinski definition) is 2. The second-order valence-electron chi connectivity index (χ2n) is 4.35. The molecular formula is C13H19N3OS. The van der Waals surface area contributed by atoms with Crippen LogP contribution in [0.4, 0.5) is 5.82 Å². The van der Waals surface area contributed by atoms with Crippen LogP contribution in [-0.4, -0.2) is 27.7 Å². The van der Waals surface area contributed by atoms with Gasteiger partial charge in [-0.3, -0.25) is 0 Å². The molecule has 0 aliphatic carbocycles. The largest absolute Gasteiger partial charge is 0.394 e. The van der Waals surface area contributed by atoms with E-state index in [0.717, 1.165) is 34.7 Å². The van der Waals surface area contributed by atoms with E-state index < -0.39 is 0 Å². The van der Waals surface area contributed by atoms with Crippen molar-refractivity contribution in [3.05, 3.63) is 16.8 Å². The molecule has 2 rings (SSSR count). The number of aliphatic hydroxyl groups excluding tert-OH is 1. The lowest BCUT2D eigenvalue weighted by molar-refractivity contribution is 0.271. The molecule has 0 spiro atoms. The number of hydrogen-bond acceptors (Lipinski definition) is 5. The monoisotopic (exact) mass is 265 g/mol. The summed E-state index contributed by atoms with van der Waals surface area (Å²) in [7, 11) is 0. The van der Waals surface area contributed by atoms with Crippen LogP contribution in [0.3, 0.4) is 0 Å². The second-order valence-corrected chi connectivity index (χ2v) is 5.58. The van der Waals surface area contributed by atoms with Crippen molar-refractivity contribution in [2.75, 3.05) is 11.9 Å². The zero-order valence-electron chi connectivity index (χ0n) is 11.0. The lowest BCUT2D eigenvalue weighted by Gasteiger charge is -2.15. The Morgan fingerprint density at radius 3 is 2.78 bits per heavy atom. The van der Waals surface area contributed by atoms with E-state index in [1.807, 2.05) is 6.92 Å². The molecule has 2 aromatic rings. The Morgan fingerprint density at radius 2 is 2.17 bits per heavy atom. The van der Waals surface area contributed by atoms with Gasteiger partial charge in [0.15, 0.2) is 0 Å². The average molecular weight is 265 g/mol. The number of nitrogens with one attached hydrogen (secondary N) is 1. The van der Waals surface area contributed by atoms with Gasteiger partial charge in [-0.1, -0.05) is 13.8 Å². The van der Waals surface area contributed by atoms with Crippen molar-refractivity contribution in [1.29, 1.82) is 0 Å². The Balaban J connectivity index is 2.45. The molecule has 0 aromatic carbocycles. The van der Waals surface area contributed by atoms with Crippen LogP contribution in [-0.2, 0) is 6.42 Å². The van der Waals surface area contributed by atoms with Gasteiger partial charge in [-0.15, -0.1) is 11.3 Å². The van der Waals surface area contributed by atoms with Crippen molar-refractivity contribution in [3.8, 4) is 0 Å². The quantitative estimate of drug-likeness (QED) is 0.872. The van der Waals surface area contributed by atoms with Crippen LogP contribution in [0.25, 0.3) is 10.2 Å². The van der Waals surface area contributed by atoms with Gasteiger partial charge >= 0.3 is 0 Å². The van der Waals surface area contributed by atoms with Crippen molar-refractivity contribution in [2.45, 2.75) is 39.7 Å². The van der Waals surface area contributed by atoms with Crippen molar-refractivity contribution >= 4 is 27.4 Å². The third-order valence-corrected chi connectivity index (χ3v) is 3.88. The Morgan fingerprint density at radius 1 is 1.39 bits per heavy atom. The molecular weight excluding hydrogens is 246 g/mol. The molecule has 1 unspecified atom stereocenters. The molecule has 2 heterocycles. The topological polar surface area (TPSA) is 58.0 Å². The number of anilines is 1. The van der Waals surface area contributed by atoms with E-state index >= 15 is 0 Å². The fraction of sp³-hybridized carbons (Fsp3) is 0.538. The number of thiophene rings is 1. The Bertz CT molecular complexity index is 534. The highest BCUT2D eigenvalue weighted by molar-refractivity contribution is 7.18. The van der Waals surface area contributed by atoms with Crippen molar-refractivity contribution < 1.29 is 5.11 Å². The zero-order chi connectivity index (χ0) is 13.1. The van der Waals surface area contributed by atoms with E-state index in [1.165, 1.54) is 4.88 Å². The van der Waals surface area contributed by atoms with Crippen LogP contribution in [0.5, 0.6) is 0 Å². The van der Waals surface area contributed by atoms with Gasteiger partial charge in [-0.25, -0.2) is 9.97 Å². The predicted molar refractivity (Wildman–Crippen MR) is 76.3 cm³/mol. The van der Waals surface area contributed by atoms with Crippen molar-refractivity contribution in [3.63, 3.8) is 0 Å². The third kappa shape index (κ3) is 2.62.